The van der Waals surface area contributed by atoms with Crippen molar-refractivity contribution in [2.45, 2.75) is 90.3 Å². The molecule has 1 aromatic carbocycles. The third-order valence-electron chi connectivity index (χ3n) is 10.3. The Morgan fingerprint density at radius 1 is 1.00 bits per heavy atom. The van der Waals surface area contributed by atoms with Gasteiger partial charge in [-0.25, -0.2) is 0 Å². The quantitative estimate of drug-likeness (QED) is 0.453. The molecule has 172 valence electrons. The highest BCUT2D eigenvalue weighted by Gasteiger charge is 2.64. The zero-order valence-corrected chi connectivity index (χ0v) is 19.9. The van der Waals surface area contributed by atoms with E-state index in [9.17, 15) is 9.90 Å². The Balaban J connectivity index is 1.36. The van der Waals surface area contributed by atoms with E-state index < -0.39 is 5.60 Å². The van der Waals surface area contributed by atoms with Crippen LogP contribution < -0.4 is 0 Å². The smallest absolute Gasteiger partial charge is 0.302 e. The number of carbonyl (C=O) groups is 1. The van der Waals surface area contributed by atoms with Gasteiger partial charge in [0.15, 0.2) is 0 Å². The number of rotatable bonds is 1. The van der Waals surface area contributed by atoms with Crippen LogP contribution in [-0.4, -0.2) is 22.8 Å². The van der Waals surface area contributed by atoms with Crippen molar-refractivity contribution in [3.63, 3.8) is 0 Å². The highest BCUT2D eigenvalue weighted by atomic mass is 16.5. The molecule has 5 rings (SSSR count). The SMILES string of the molecule is CC(=O)O[C@@H]1CC[C@@]2(C)[C@@H](CC[C@H]3[C@H]2CC[C@@]2(C)[C@@H]3CC[C@@]2(O)C#Cc2ccccc2)C1. The predicted octanol–water partition coefficient (Wildman–Crippen LogP) is 5.74. The molecule has 4 aliphatic rings. The molecule has 0 radical (unpaired) electrons. The topological polar surface area (TPSA) is 46.5 Å². The molecule has 1 N–H and O–H groups in total. The Morgan fingerprint density at radius 3 is 2.50 bits per heavy atom. The molecule has 8 atom stereocenters. The average Bonchev–Trinajstić information content (AvgIpc) is 3.04. The van der Waals surface area contributed by atoms with Crippen LogP contribution >= 0.6 is 0 Å². The van der Waals surface area contributed by atoms with Crippen molar-refractivity contribution in [3.8, 4) is 11.8 Å². The lowest BCUT2D eigenvalue weighted by atomic mass is 9.44. The standard InChI is InChI=1S/C29H38O3/c1-20(30)32-23-12-15-27(2)22(19-23)9-10-24-25(27)13-16-28(3)26(24)14-18-29(28,31)17-11-21-7-5-4-6-8-21/h4-8,22-26,31H,9-10,12-16,18-19H2,1-3H3/t22-,23+,24-,25+,26+,27-,28-,29-/m0/s1. The van der Waals surface area contributed by atoms with Gasteiger partial charge in [-0.2, -0.15) is 0 Å². The first-order valence-corrected chi connectivity index (χ1v) is 12.7. The molecule has 4 aliphatic carbocycles. The molecule has 4 saturated carbocycles. The van der Waals surface area contributed by atoms with Crippen LogP contribution in [0.4, 0.5) is 0 Å². The number of hydrogen-bond acceptors (Lipinski definition) is 3. The van der Waals surface area contributed by atoms with Gasteiger partial charge in [-0.1, -0.05) is 43.9 Å². The number of aliphatic hydroxyl groups is 1. The van der Waals surface area contributed by atoms with E-state index in [4.69, 9.17) is 4.74 Å². The third-order valence-corrected chi connectivity index (χ3v) is 10.3. The minimum atomic E-state index is -0.886. The molecule has 0 heterocycles. The summed E-state index contributed by atoms with van der Waals surface area (Å²) in [6.45, 7) is 6.39. The van der Waals surface area contributed by atoms with Crippen molar-refractivity contribution in [1.82, 2.24) is 0 Å². The first kappa shape index (κ1) is 22.0. The van der Waals surface area contributed by atoms with E-state index in [0.29, 0.717) is 23.2 Å². The molecule has 3 heteroatoms. The largest absolute Gasteiger partial charge is 0.463 e. The Labute approximate surface area is 193 Å². The highest BCUT2D eigenvalue weighted by molar-refractivity contribution is 5.66. The maximum atomic E-state index is 11.8. The summed E-state index contributed by atoms with van der Waals surface area (Å²) in [5.41, 5.74) is 0.327. The van der Waals surface area contributed by atoms with E-state index in [1.807, 2.05) is 30.3 Å². The molecular formula is C29H38O3. The van der Waals surface area contributed by atoms with Gasteiger partial charge in [0.05, 0.1) is 0 Å². The van der Waals surface area contributed by atoms with Gasteiger partial charge in [0.1, 0.15) is 11.7 Å². The summed E-state index contributed by atoms with van der Waals surface area (Å²) in [6, 6.07) is 10.1. The zero-order valence-electron chi connectivity index (χ0n) is 19.9. The van der Waals surface area contributed by atoms with E-state index >= 15 is 0 Å². The van der Waals surface area contributed by atoms with Crippen LogP contribution in [0.2, 0.25) is 0 Å². The van der Waals surface area contributed by atoms with Crippen LogP contribution in [0.3, 0.4) is 0 Å². The van der Waals surface area contributed by atoms with Crippen molar-refractivity contribution >= 4 is 5.97 Å². The fourth-order valence-corrected chi connectivity index (χ4v) is 8.48. The summed E-state index contributed by atoms with van der Waals surface area (Å²) >= 11 is 0. The number of benzene rings is 1. The second-order valence-corrected chi connectivity index (χ2v) is 11.6. The van der Waals surface area contributed by atoms with Crippen LogP contribution in [0.5, 0.6) is 0 Å². The van der Waals surface area contributed by atoms with Crippen molar-refractivity contribution in [2.75, 3.05) is 0 Å². The summed E-state index contributed by atoms with van der Waals surface area (Å²) in [7, 11) is 0. The summed E-state index contributed by atoms with van der Waals surface area (Å²) in [4.78, 5) is 11.5. The number of esters is 1. The van der Waals surface area contributed by atoms with E-state index in [2.05, 4.69) is 25.7 Å². The normalized spacial score (nSPS) is 44.9. The maximum absolute atomic E-state index is 11.8. The molecule has 3 nitrogen and oxygen atoms in total. The van der Waals surface area contributed by atoms with Gasteiger partial charge in [-0.15, -0.1) is 0 Å². The Morgan fingerprint density at radius 2 is 1.75 bits per heavy atom. The minimum absolute atomic E-state index is 0.112. The number of carbonyl (C=O) groups excluding carboxylic acids is 1. The molecule has 32 heavy (non-hydrogen) atoms. The van der Waals surface area contributed by atoms with E-state index in [0.717, 1.165) is 50.0 Å². The minimum Gasteiger partial charge on any atom is -0.463 e. The fraction of sp³-hybridized carbons (Fsp3) is 0.690. The second kappa shape index (κ2) is 7.91. The highest BCUT2D eigenvalue weighted by Crippen LogP contribution is 2.68. The Hall–Kier alpha value is -1.79. The van der Waals surface area contributed by atoms with Crippen molar-refractivity contribution in [3.05, 3.63) is 35.9 Å². The van der Waals surface area contributed by atoms with Gasteiger partial charge in [0.2, 0.25) is 0 Å². The molecule has 0 bridgehead atoms. The molecule has 0 spiro atoms. The Kier molecular flexibility index (Phi) is 5.44. The van der Waals surface area contributed by atoms with Crippen LogP contribution in [-0.2, 0) is 9.53 Å². The van der Waals surface area contributed by atoms with Gasteiger partial charge >= 0.3 is 5.97 Å². The summed E-state index contributed by atoms with van der Waals surface area (Å²) in [5, 5.41) is 11.8. The van der Waals surface area contributed by atoms with Gasteiger partial charge in [-0.05, 0) is 99.0 Å². The zero-order chi connectivity index (χ0) is 22.6. The molecule has 0 aromatic heterocycles. The lowest BCUT2D eigenvalue weighted by molar-refractivity contribution is -0.163. The molecule has 0 amide bonds. The third kappa shape index (κ3) is 3.41. The number of ether oxygens (including phenoxy) is 1. The second-order valence-electron chi connectivity index (χ2n) is 11.6. The summed E-state index contributed by atoms with van der Waals surface area (Å²) in [6.07, 6.45) is 9.94. The molecule has 0 saturated heterocycles. The van der Waals surface area contributed by atoms with Crippen LogP contribution in [0, 0.1) is 46.3 Å². The monoisotopic (exact) mass is 434 g/mol. The van der Waals surface area contributed by atoms with Crippen LogP contribution in [0.15, 0.2) is 30.3 Å². The van der Waals surface area contributed by atoms with Crippen LogP contribution in [0.25, 0.3) is 0 Å². The van der Waals surface area contributed by atoms with Crippen molar-refractivity contribution < 1.29 is 14.6 Å². The summed E-state index contributed by atoms with van der Waals surface area (Å²) < 4.78 is 5.61. The van der Waals surface area contributed by atoms with Gasteiger partial charge < -0.3 is 9.84 Å². The molecular weight excluding hydrogens is 396 g/mol. The first-order chi connectivity index (χ1) is 15.3. The number of hydrogen-bond donors (Lipinski definition) is 1. The van der Waals surface area contributed by atoms with Gasteiger partial charge in [0, 0.05) is 17.9 Å². The van der Waals surface area contributed by atoms with Crippen molar-refractivity contribution in [2.24, 2.45) is 34.5 Å². The fourth-order valence-electron chi connectivity index (χ4n) is 8.48. The van der Waals surface area contributed by atoms with E-state index in [1.54, 1.807) is 0 Å². The molecule has 0 unspecified atom stereocenters. The average molecular weight is 435 g/mol. The summed E-state index contributed by atoms with van der Waals surface area (Å²) in [5.74, 6) is 9.13. The molecule has 0 aliphatic heterocycles. The molecule has 1 aromatic rings. The first-order valence-electron chi connectivity index (χ1n) is 12.7. The van der Waals surface area contributed by atoms with Gasteiger partial charge in [0.25, 0.3) is 0 Å². The van der Waals surface area contributed by atoms with E-state index in [1.165, 1.54) is 26.2 Å². The Bertz CT molecular complexity index is 929. The number of fused-ring (bicyclic) bond motifs is 5. The van der Waals surface area contributed by atoms with E-state index in [-0.39, 0.29) is 17.5 Å². The lowest BCUT2D eigenvalue weighted by Crippen LogP contribution is -2.56. The van der Waals surface area contributed by atoms with Gasteiger partial charge in [-0.3, -0.25) is 4.79 Å². The lowest BCUT2D eigenvalue weighted by Gasteiger charge is -2.61. The predicted molar refractivity (Wildman–Crippen MR) is 126 cm³/mol. The van der Waals surface area contributed by atoms with Crippen molar-refractivity contribution in [1.29, 1.82) is 0 Å². The van der Waals surface area contributed by atoms with Crippen LogP contribution in [0.1, 0.15) is 84.1 Å². The maximum Gasteiger partial charge on any atom is 0.302 e. The molecule has 4 fully saturated rings.